The Balaban J connectivity index is 2.01. The van der Waals surface area contributed by atoms with Crippen LogP contribution in [0.25, 0.3) is 0 Å². The van der Waals surface area contributed by atoms with Gasteiger partial charge in [0.2, 0.25) is 0 Å². The van der Waals surface area contributed by atoms with E-state index in [0.29, 0.717) is 31.0 Å². The molecule has 1 fully saturated rings. The van der Waals surface area contributed by atoms with E-state index < -0.39 is 0 Å². The molecule has 0 radical (unpaired) electrons. The zero-order chi connectivity index (χ0) is 16.7. The van der Waals surface area contributed by atoms with Crippen molar-refractivity contribution in [1.29, 1.82) is 0 Å². The highest BCUT2D eigenvalue weighted by atomic mass is 32.1. The third kappa shape index (κ3) is 4.83. The van der Waals surface area contributed by atoms with E-state index in [1.807, 2.05) is 6.08 Å². The molecule has 3 atom stereocenters. The van der Waals surface area contributed by atoms with Crippen LogP contribution >= 0.6 is 12.6 Å². The Labute approximate surface area is 145 Å². The summed E-state index contributed by atoms with van der Waals surface area (Å²) >= 11 is 4.77. The number of hydrogen-bond acceptors (Lipinski definition) is 4. The average molecular weight is 336 g/mol. The van der Waals surface area contributed by atoms with Gasteiger partial charge in [-0.25, -0.2) is 0 Å². The van der Waals surface area contributed by atoms with Crippen LogP contribution in [-0.2, 0) is 16.1 Å². The van der Waals surface area contributed by atoms with Crippen LogP contribution in [0, 0.1) is 5.41 Å². The molecule has 3 nitrogen and oxygen atoms in total. The monoisotopic (exact) mass is 336 g/mol. The Kier molecular flexibility index (Phi) is 7.15. The Hall–Kier alpha value is -0.810. The largest absolute Gasteiger partial charge is 0.395 e. The number of methoxy groups -OCH3 is 1. The first-order valence-electron chi connectivity index (χ1n) is 8.22. The standard InChI is InChI=1S/C19H28O3S/c1-3-19(14-20)9-8-18(23)17(12-19)16-6-4-15(5-7-16)13-22-11-10-21-2/h3-7,17-18,20,23H,1,8-14H2,2H3/t17-,18?,19-/m0/s1. The molecule has 0 bridgehead atoms. The van der Waals surface area contributed by atoms with Gasteiger partial charge in [-0.05, 0) is 36.3 Å². The number of aliphatic hydroxyl groups excluding tert-OH is 1. The minimum atomic E-state index is -0.161. The zero-order valence-electron chi connectivity index (χ0n) is 13.9. The maximum Gasteiger partial charge on any atom is 0.0718 e. The molecule has 2 rings (SSSR count). The van der Waals surface area contributed by atoms with Crippen molar-refractivity contribution in [1.82, 2.24) is 0 Å². The topological polar surface area (TPSA) is 38.7 Å². The predicted octanol–water partition coefficient (Wildman–Crippen LogP) is 3.58. The second kappa shape index (κ2) is 8.88. The van der Waals surface area contributed by atoms with Crippen LogP contribution < -0.4 is 0 Å². The van der Waals surface area contributed by atoms with Gasteiger partial charge in [0.1, 0.15) is 0 Å². The van der Waals surface area contributed by atoms with Gasteiger partial charge < -0.3 is 14.6 Å². The second-order valence-electron chi connectivity index (χ2n) is 6.43. The number of hydrogen-bond donors (Lipinski definition) is 2. The molecule has 0 spiro atoms. The highest BCUT2D eigenvalue weighted by Crippen LogP contribution is 2.46. The van der Waals surface area contributed by atoms with Crippen LogP contribution in [0.15, 0.2) is 36.9 Å². The van der Waals surface area contributed by atoms with Crippen molar-refractivity contribution in [2.75, 3.05) is 26.9 Å². The molecule has 1 N–H and O–H groups in total. The maximum atomic E-state index is 9.75. The molecule has 0 aliphatic heterocycles. The van der Waals surface area contributed by atoms with Crippen LogP contribution in [0.4, 0.5) is 0 Å². The van der Waals surface area contributed by atoms with Crippen molar-refractivity contribution < 1.29 is 14.6 Å². The first kappa shape index (κ1) is 18.5. The molecule has 1 unspecified atom stereocenters. The van der Waals surface area contributed by atoms with Crippen LogP contribution in [0.5, 0.6) is 0 Å². The molecule has 1 aromatic carbocycles. The minimum Gasteiger partial charge on any atom is -0.395 e. The maximum absolute atomic E-state index is 9.75. The molecule has 0 saturated heterocycles. The molecule has 128 valence electrons. The van der Waals surface area contributed by atoms with Gasteiger partial charge in [0.05, 0.1) is 26.4 Å². The number of thiol groups is 1. The van der Waals surface area contributed by atoms with Gasteiger partial charge in [-0.1, -0.05) is 30.3 Å². The van der Waals surface area contributed by atoms with Crippen LogP contribution in [-0.4, -0.2) is 37.3 Å². The van der Waals surface area contributed by atoms with Crippen molar-refractivity contribution >= 4 is 12.6 Å². The van der Waals surface area contributed by atoms with E-state index in [0.717, 1.165) is 24.8 Å². The summed E-state index contributed by atoms with van der Waals surface area (Å²) in [7, 11) is 1.67. The van der Waals surface area contributed by atoms with Gasteiger partial charge in [-0.3, -0.25) is 0 Å². The summed E-state index contributed by atoms with van der Waals surface area (Å²) in [6.07, 6.45) is 4.80. The second-order valence-corrected chi connectivity index (χ2v) is 7.09. The number of rotatable bonds is 8. The Morgan fingerprint density at radius 1 is 1.35 bits per heavy atom. The molecule has 23 heavy (non-hydrogen) atoms. The van der Waals surface area contributed by atoms with Crippen molar-refractivity contribution in [2.45, 2.75) is 37.0 Å². The fourth-order valence-electron chi connectivity index (χ4n) is 3.24. The molecule has 1 saturated carbocycles. The van der Waals surface area contributed by atoms with Gasteiger partial charge in [0.25, 0.3) is 0 Å². The molecule has 1 aliphatic carbocycles. The molecule has 4 heteroatoms. The van der Waals surface area contributed by atoms with Gasteiger partial charge in [0.15, 0.2) is 0 Å². The summed E-state index contributed by atoms with van der Waals surface area (Å²) in [6.45, 7) is 5.93. The van der Waals surface area contributed by atoms with Gasteiger partial charge in [-0.15, -0.1) is 6.58 Å². The average Bonchev–Trinajstić information content (AvgIpc) is 2.60. The summed E-state index contributed by atoms with van der Waals surface area (Å²) < 4.78 is 10.5. The fraction of sp³-hybridized carbons (Fsp3) is 0.579. The Bertz CT molecular complexity index is 488. The van der Waals surface area contributed by atoms with E-state index in [-0.39, 0.29) is 12.0 Å². The lowest BCUT2D eigenvalue weighted by Crippen LogP contribution is -2.34. The van der Waals surface area contributed by atoms with Crippen molar-refractivity contribution in [3.05, 3.63) is 48.0 Å². The van der Waals surface area contributed by atoms with Gasteiger partial charge in [0, 0.05) is 17.8 Å². The summed E-state index contributed by atoms with van der Waals surface area (Å²) in [6, 6.07) is 8.57. The number of aliphatic hydroxyl groups is 1. The quantitative estimate of drug-likeness (QED) is 0.433. The molecule has 0 amide bonds. The fourth-order valence-corrected chi connectivity index (χ4v) is 3.65. The highest BCUT2D eigenvalue weighted by Gasteiger charge is 2.37. The van der Waals surface area contributed by atoms with E-state index in [1.165, 1.54) is 5.56 Å². The third-order valence-corrected chi connectivity index (χ3v) is 5.50. The van der Waals surface area contributed by atoms with E-state index in [4.69, 9.17) is 22.1 Å². The van der Waals surface area contributed by atoms with Crippen LogP contribution in [0.2, 0.25) is 0 Å². The van der Waals surface area contributed by atoms with Gasteiger partial charge >= 0.3 is 0 Å². The lowest BCUT2D eigenvalue weighted by Gasteiger charge is -2.41. The minimum absolute atomic E-state index is 0.161. The third-order valence-electron chi connectivity index (χ3n) is 4.89. The van der Waals surface area contributed by atoms with E-state index in [9.17, 15) is 5.11 Å². The summed E-state index contributed by atoms with van der Waals surface area (Å²) in [5.41, 5.74) is 2.28. The van der Waals surface area contributed by atoms with Gasteiger partial charge in [-0.2, -0.15) is 12.6 Å². The van der Waals surface area contributed by atoms with E-state index >= 15 is 0 Å². The van der Waals surface area contributed by atoms with Crippen molar-refractivity contribution in [3.8, 4) is 0 Å². The lowest BCUT2D eigenvalue weighted by molar-refractivity contribution is 0.0616. The lowest BCUT2D eigenvalue weighted by atomic mass is 9.68. The van der Waals surface area contributed by atoms with Crippen LogP contribution in [0.1, 0.15) is 36.3 Å². The SMILES string of the molecule is C=C[C@]1(CO)CCC(S)[C@H](c2ccc(COCCOC)cc2)C1. The molecule has 1 aromatic rings. The summed E-state index contributed by atoms with van der Waals surface area (Å²) in [4.78, 5) is 0. The molecular formula is C19H28O3S. The smallest absolute Gasteiger partial charge is 0.0718 e. The molecular weight excluding hydrogens is 308 g/mol. The van der Waals surface area contributed by atoms with E-state index in [2.05, 4.69) is 30.8 Å². The first-order valence-corrected chi connectivity index (χ1v) is 8.74. The predicted molar refractivity (Wildman–Crippen MR) is 97.1 cm³/mol. The molecule has 0 heterocycles. The van der Waals surface area contributed by atoms with E-state index in [1.54, 1.807) is 7.11 Å². The number of benzene rings is 1. The van der Waals surface area contributed by atoms with Crippen molar-refractivity contribution in [3.63, 3.8) is 0 Å². The number of ether oxygens (including phenoxy) is 2. The zero-order valence-corrected chi connectivity index (χ0v) is 14.8. The van der Waals surface area contributed by atoms with Crippen LogP contribution in [0.3, 0.4) is 0 Å². The summed E-state index contributed by atoms with van der Waals surface area (Å²) in [5, 5.41) is 10.1. The molecule has 0 aromatic heterocycles. The highest BCUT2D eigenvalue weighted by molar-refractivity contribution is 7.81. The first-order chi connectivity index (χ1) is 11.1. The Morgan fingerprint density at radius 2 is 2.09 bits per heavy atom. The molecule has 1 aliphatic rings. The summed E-state index contributed by atoms with van der Waals surface area (Å²) in [5.74, 6) is 0.348. The van der Waals surface area contributed by atoms with Crippen molar-refractivity contribution in [2.24, 2.45) is 5.41 Å². The normalized spacial score (nSPS) is 27.8. The Morgan fingerprint density at radius 3 is 2.70 bits per heavy atom.